The van der Waals surface area contributed by atoms with Gasteiger partial charge in [0.15, 0.2) is 11.3 Å². The second-order valence-electron chi connectivity index (χ2n) is 8.18. The molecular formula is C23H21N5O3. The molecule has 1 saturated carbocycles. The quantitative estimate of drug-likeness (QED) is 0.627. The second kappa shape index (κ2) is 6.93. The van der Waals surface area contributed by atoms with E-state index in [0.29, 0.717) is 34.7 Å². The van der Waals surface area contributed by atoms with Gasteiger partial charge in [0.25, 0.3) is 11.8 Å². The molecule has 8 nitrogen and oxygen atoms in total. The van der Waals surface area contributed by atoms with Crippen LogP contribution in [-0.2, 0) is 4.79 Å². The standard InChI is InChI=1S/C23H21N5O3/c1-27-10-9-23(31,22(27)30)8-7-14-3-2-4-17(11-14)28-21-18(19(26-28)20(24)29)12-16(13-25-21)15-5-6-15/h2-4,11-13,15,31H,5-6,9-10H2,1H3,(H2,24,29)/t23-/m0/s1. The van der Waals surface area contributed by atoms with E-state index >= 15 is 0 Å². The number of carbonyl (C=O) groups is 2. The maximum absolute atomic E-state index is 12.1. The molecule has 0 bridgehead atoms. The van der Waals surface area contributed by atoms with Crippen LogP contribution < -0.4 is 5.73 Å². The van der Waals surface area contributed by atoms with E-state index in [1.165, 1.54) is 4.90 Å². The molecule has 1 aliphatic heterocycles. The van der Waals surface area contributed by atoms with Gasteiger partial charge in [-0.1, -0.05) is 17.9 Å². The first-order chi connectivity index (χ1) is 14.9. The number of amides is 2. The van der Waals surface area contributed by atoms with E-state index in [2.05, 4.69) is 21.9 Å². The van der Waals surface area contributed by atoms with Crippen LogP contribution in [0.3, 0.4) is 0 Å². The molecule has 156 valence electrons. The number of nitrogens with zero attached hydrogens (tertiary/aromatic N) is 4. The van der Waals surface area contributed by atoms with E-state index < -0.39 is 17.4 Å². The highest BCUT2D eigenvalue weighted by molar-refractivity contribution is 6.03. The normalized spacial score (nSPS) is 20.7. The Labute approximate surface area is 178 Å². The van der Waals surface area contributed by atoms with Gasteiger partial charge in [-0.05, 0) is 48.6 Å². The van der Waals surface area contributed by atoms with Crippen molar-refractivity contribution < 1.29 is 14.7 Å². The minimum atomic E-state index is -1.66. The molecule has 2 fully saturated rings. The zero-order chi connectivity index (χ0) is 21.8. The van der Waals surface area contributed by atoms with Crippen molar-refractivity contribution in [3.05, 3.63) is 53.3 Å². The molecule has 3 N–H and O–H groups in total. The first-order valence-corrected chi connectivity index (χ1v) is 10.2. The van der Waals surface area contributed by atoms with Crippen LogP contribution in [0.15, 0.2) is 36.5 Å². The number of nitrogens with two attached hydrogens (primary N) is 1. The summed E-state index contributed by atoms with van der Waals surface area (Å²) in [5, 5.41) is 15.6. The van der Waals surface area contributed by atoms with Gasteiger partial charge in [-0.15, -0.1) is 0 Å². The Hall–Kier alpha value is -3.70. The summed E-state index contributed by atoms with van der Waals surface area (Å²) in [5.41, 5.74) is 6.97. The van der Waals surface area contributed by atoms with Crippen molar-refractivity contribution in [2.75, 3.05) is 13.6 Å². The summed E-state index contributed by atoms with van der Waals surface area (Å²) in [4.78, 5) is 30.2. The SMILES string of the molecule is CN1CC[C@@](O)(C#Cc2cccc(-n3nc(C(N)=O)c4cc(C5CC5)cnc43)c2)C1=O. The summed E-state index contributed by atoms with van der Waals surface area (Å²) in [6.07, 6.45) is 4.34. The lowest BCUT2D eigenvalue weighted by atomic mass is 10.0. The van der Waals surface area contributed by atoms with Crippen molar-refractivity contribution >= 4 is 22.8 Å². The molecule has 2 aliphatic rings. The Balaban J connectivity index is 1.55. The van der Waals surface area contributed by atoms with Crippen LogP contribution in [0.4, 0.5) is 0 Å². The fraction of sp³-hybridized carbons (Fsp3) is 0.304. The van der Waals surface area contributed by atoms with Crippen LogP contribution >= 0.6 is 0 Å². The summed E-state index contributed by atoms with van der Waals surface area (Å²) in [5.74, 6) is 5.10. The van der Waals surface area contributed by atoms with E-state index in [-0.39, 0.29) is 12.1 Å². The Morgan fingerprint density at radius 2 is 2.13 bits per heavy atom. The number of likely N-dealkylation sites (N-methyl/N-ethyl adjacent to an activating group) is 1. The van der Waals surface area contributed by atoms with Gasteiger partial charge in [0, 0.05) is 31.8 Å². The molecule has 0 unspecified atom stereocenters. The van der Waals surface area contributed by atoms with Crippen molar-refractivity contribution in [3.63, 3.8) is 0 Å². The third kappa shape index (κ3) is 3.33. The maximum Gasteiger partial charge on any atom is 0.269 e. The molecule has 2 amide bonds. The van der Waals surface area contributed by atoms with Gasteiger partial charge in [0.2, 0.25) is 5.60 Å². The molecule has 0 radical (unpaired) electrons. The van der Waals surface area contributed by atoms with Gasteiger partial charge in [0.1, 0.15) is 0 Å². The average Bonchev–Trinajstić information content (AvgIpc) is 3.50. The molecule has 1 aromatic carbocycles. The highest BCUT2D eigenvalue weighted by atomic mass is 16.3. The topological polar surface area (TPSA) is 114 Å². The fourth-order valence-corrected chi connectivity index (χ4v) is 3.88. The van der Waals surface area contributed by atoms with E-state index in [4.69, 9.17) is 5.73 Å². The monoisotopic (exact) mass is 415 g/mol. The molecule has 1 atom stereocenters. The molecule has 5 rings (SSSR count). The Morgan fingerprint density at radius 1 is 1.32 bits per heavy atom. The van der Waals surface area contributed by atoms with Gasteiger partial charge < -0.3 is 15.7 Å². The number of benzene rings is 1. The Kier molecular flexibility index (Phi) is 4.31. The smallest absolute Gasteiger partial charge is 0.269 e. The highest BCUT2D eigenvalue weighted by Gasteiger charge is 2.42. The summed E-state index contributed by atoms with van der Waals surface area (Å²) in [7, 11) is 1.64. The van der Waals surface area contributed by atoms with Gasteiger partial charge in [0.05, 0.1) is 11.1 Å². The number of likely N-dealkylation sites (tertiary alicyclic amines) is 1. The first kappa shape index (κ1) is 19.3. The minimum absolute atomic E-state index is 0.176. The summed E-state index contributed by atoms with van der Waals surface area (Å²) in [6.45, 7) is 0.466. The molecule has 1 saturated heterocycles. The van der Waals surface area contributed by atoms with Gasteiger partial charge in [-0.3, -0.25) is 9.59 Å². The molecule has 3 aromatic rings. The number of fused-ring (bicyclic) bond motifs is 1. The van der Waals surface area contributed by atoms with Crippen LogP contribution in [0.1, 0.15) is 46.8 Å². The van der Waals surface area contributed by atoms with Crippen molar-refractivity contribution in [1.82, 2.24) is 19.7 Å². The third-order valence-corrected chi connectivity index (χ3v) is 5.84. The molecule has 2 aromatic heterocycles. The summed E-state index contributed by atoms with van der Waals surface area (Å²) >= 11 is 0. The highest BCUT2D eigenvalue weighted by Crippen LogP contribution is 2.40. The number of hydrogen-bond acceptors (Lipinski definition) is 5. The number of pyridine rings is 1. The number of aromatic nitrogens is 3. The zero-order valence-electron chi connectivity index (χ0n) is 17.0. The van der Waals surface area contributed by atoms with Gasteiger partial charge >= 0.3 is 0 Å². The van der Waals surface area contributed by atoms with Crippen LogP contribution in [0, 0.1) is 11.8 Å². The number of aliphatic hydroxyl groups is 1. The third-order valence-electron chi connectivity index (χ3n) is 5.84. The molecule has 1 aliphatic carbocycles. The lowest BCUT2D eigenvalue weighted by Gasteiger charge is -2.13. The molecule has 31 heavy (non-hydrogen) atoms. The lowest BCUT2D eigenvalue weighted by molar-refractivity contribution is -0.137. The van der Waals surface area contributed by atoms with Crippen molar-refractivity contribution in [2.24, 2.45) is 5.73 Å². The molecule has 3 heterocycles. The number of rotatable bonds is 3. The number of carbonyl (C=O) groups excluding carboxylic acids is 2. The number of hydrogen-bond donors (Lipinski definition) is 2. The van der Waals surface area contributed by atoms with Crippen LogP contribution in [0.25, 0.3) is 16.7 Å². The van der Waals surface area contributed by atoms with Crippen LogP contribution in [-0.4, -0.2) is 55.8 Å². The van der Waals surface area contributed by atoms with Gasteiger partial charge in [-0.25, -0.2) is 9.67 Å². The average molecular weight is 415 g/mol. The van der Waals surface area contributed by atoms with Crippen molar-refractivity contribution in [3.8, 4) is 17.5 Å². The predicted octanol–water partition coefficient (Wildman–Crippen LogP) is 1.34. The van der Waals surface area contributed by atoms with Crippen molar-refractivity contribution in [1.29, 1.82) is 0 Å². The van der Waals surface area contributed by atoms with E-state index in [9.17, 15) is 14.7 Å². The zero-order valence-corrected chi connectivity index (χ0v) is 17.0. The van der Waals surface area contributed by atoms with E-state index in [1.807, 2.05) is 18.3 Å². The molecular weight excluding hydrogens is 394 g/mol. The summed E-state index contributed by atoms with van der Waals surface area (Å²) in [6, 6.07) is 9.12. The maximum atomic E-state index is 12.1. The molecule has 8 heteroatoms. The Morgan fingerprint density at radius 3 is 2.81 bits per heavy atom. The Bertz CT molecular complexity index is 1300. The fourth-order valence-electron chi connectivity index (χ4n) is 3.88. The van der Waals surface area contributed by atoms with E-state index in [0.717, 1.165) is 18.4 Å². The van der Waals surface area contributed by atoms with Crippen LogP contribution in [0.2, 0.25) is 0 Å². The summed E-state index contributed by atoms with van der Waals surface area (Å²) < 4.78 is 1.57. The second-order valence-corrected chi connectivity index (χ2v) is 8.18. The molecule has 0 spiro atoms. The van der Waals surface area contributed by atoms with E-state index in [1.54, 1.807) is 29.9 Å². The largest absolute Gasteiger partial charge is 0.369 e. The first-order valence-electron chi connectivity index (χ1n) is 10.2. The minimum Gasteiger partial charge on any atom is -0.369 e. The van der Waals surface area contributed by atoms with Crippen LogP contribution in [0.5, 0.6) is 0 Å². The van der Waals surface area contributed by atoms with Gasteiger partial charge in [-0.2, -0.15) is 5.10 Å². The predicted molar refractivity (Wildman–Crippen MR) is 113 cm³/mol. The number of primary amides is 1. The lowest BCUT2D eigenvalue weighted by Crippen LogP contribution is -2.37. The van der Waals surface area contributed by atoms with Crippen molar-refractivity contribution in [2.45, 2.75) is 30.8 Å².